The van der Waals surface area contributed by atoms with E-state index in [-0.39, 0.29) is 6.04 Å². The molecule has 0 bridgehead atoms. The molecule has 1 saturated carbocycles. The molecule has 18 heavy (non-hydrogen) atoms. The second-order valence-corrected chi connectivity index (χ2v) is 7.86. The van der Waals surface area contributed by atoms with Crippen molar-refractivity contribution in [1.82, 2.24) is 4.72 Å². The molecule has 1 aliphatic rings. The van der Waals surface area contributed by atoms with Gasteiger partial charge < -0.3 is 5.73 Å². The van der Waals surface area contributed by atoms with Crippen LogP contribution in [0.5, 0.6) is 0 Å². The number of hydrogen-bond acceptors (Lipinski definition) is 4. The Bertz CT molecular complexity index is 490. The molecular formula is C12H20N2O2S2. The average Bonchev–Trinajstić information content (AvgIpc) is 2.77. The largest absolute Gasteiger partial charge is 0.398 e. The topological polar surface area (TPSA) is 72.2 Å². The third kappa shape index (κ3) is 3.24. The summed E-state index contributed by atoms with van der Waals surface area (Å²) in [4.78, 5) is 0. The zero-order valence-electron chi connectivity index (χ0n) is 10.6. The second kappa shape index (κ2) is 5.59. The van der Waals surface area contributed by atoms with Gasteiger partial charge in [0, 0.05) is 17.1 Å². The van der Waals surface area contributed by atoms with Crippen LogP contribution in [0.1, 0.15) is 39.0 Å². The van der Waals surface area contributed by atoms with Gasteiger partial charge >= 0.3 is 0 Å². The highest BCUT2D eigenvalue weighted by molar-refractivity contribution is 7.91. The van der Waals surface area contributed by atoms with E-state index in [9.17, 15) is 8.42 Å². The van der Waals surface area contributed by atoms with Crippen LogP contribution in [-0.4, -0.2) is 14.5 Å². The fourth-order valence-electron chi connectivity index (χ4n) is 2.50. The minimum atomic E-state index is -3.40. The number of nitrogen functional groups attached to an aromatic ring is 1. The van der Waals surface area contributed by atoms with E-state index >= 15 is 0 Å². The number of sulfonamides is 1. The first kappa shape index (κ1) is 13.8. The highest BCUT2D eigenvalue weighted by atomic mass is 32.2. The van der Waals surface area contributed by atoms with Crippen LogP contribution < -0.4 is 10.5 Å². The molecule has 0 amide bonds. The molecule has 0 aromatic carbocycles. The summed E-state index contributed by atoms with van der Waals surface area (Å²) < 4.78 is 27.4. The molecule has 1 aliphatic carbocycles. The fourth-order valence-corrected chi connectivity index (χ4v) is 4.91. The van der Waals surface area contributed by atoms with Gasteiger partial charge in [-0.1, -0.05) is 19.3 Å². The van der Waals surface area contributed by atoms with Gasteiger partial charge in [0.1, 0.15) is 4.21 Å². The summed E-state index contributed by atoms with van der Waals surface area (Å²) in [5.41, 5.74) is 6.07. The van der Waals surface area contributed by atoms with Gasteiger partial charge in [0.15, 0.2) is 0 Å². The van der Waals surface area contributed by atoms with E-state index in [2.05, 4.69) is 4.72 Å². The van der Waals surface area contributed by atoms with Crippen molar-refractivity contribution < 1.29 is 8.42 Å². The van der Waals surface area contributed by atoms with Crippen molar-refractivity contribution in [2.45, 2.75) is 49.3 Å². The summed E-state index contributed by atoms with van der Waals surface area (Å²) in [7, 11) is -3.40. The second-order valence-electron chi connectivity index (χ2n) is 5.01. The lowest BCUT2D eigenvalue weighted by Crippen LogP contribution is -2.38. The van der Waals surface area contributed by atoms with E-state index in [1.54, 1.807) is 5.38 Å². The van der Waals surface area contributed by atoms with Crippen molar-refractivity contribution in [2.24, 2.45) is 5.92 Å². The molecular weight excluding hydrogens is 268 g/mol. The molecule has 1 fully saturated rings. The van der Waals surface area contributed by atoms with Gasteiger partial charge in [-0.2, -0.15) is 0 Å². The lowest BCUT2D eigenvalue weighted by Gasteiger charge is -2.27. The quantitative estimate of drug-likeness (QED) is 0.894. The number of thiophene rings is 1. The van der Waals surface area contributed by atoms with Crippen LogP contribution in [0.4, 0.5) is 5.69 Å². The van der Waals surface area contributed by atoms with E-state index in [0.717, 1.165) is 12.8 Å². The number of anilines is 1. The number of hydrogen-bond donors (Lipinski definition) is 2. The standard InChI is InChI=1S/C12H20N2O2S2/c1-9(10-5-3-2-4-6-10)14-18(15,16)12-7-11(13)8-17-12/h7-10,14H,2-6,13H2,1H3. The Morgan fingerprint density at radius 2 is 2.06 bits per heavy atom. The predicted molar refractivity (Wildman–Crippen MR) is 75.1 cm³/mol. The molecule has 1 heterocycles. The minimum absolute atomic E-state index is 0.00127. The first-order chi connectivity index (χ1) is 8.49. The lowest BCUT2D eigenvalue weighted by molar-refractivity contribution is 0.303. The van der Waals surface area contributed by atoms with Gasteiger partial charge in [-0.25, -0.2) is 13.1 Å². The van der Waals surface area contributed by atoms with E-state index < -0.39 is 10.0 Å². The Morgan fingerprint density at radius 1 is 1.39 bits per heavy atom. The van der Waals surface area contributed by atoms with Crippen LogP contribution in [0.15, 0.2) is 15.7 Å². The summed E-state index contributed by atoms with van der Waals surface area (Å²) in [6, 6.07) is 1.51. The lowest BCUT2D eigenvalue weighted by atomic mass is 9.85. The highest BCUT2D eigenvalue weighted by Gasteiger charge is 2.25. The van der Waals surface area contributed by atoms with Crippen molar-refractivity contribution >= 4 is 27.0 Å². The maximum Gasteiger partial charge on any atom is 0.250 e. The molecule has 0 aliphatic heterocycles. The van der Waals surface area contributed by atoms with E-state index in [1.165, 1.54) is 36.7 Å². The number of nitrogens with two attached hydrogens (primary N) is 1. The van der Waals surface area contributed by atoms with Crippen molar-refractivity contribution in [3.05, 3.63) is 11.4 Å². The van der Waals surface area contributed by atoms with Gasteiger partial charge in [0.05, 0.1) is 0 Å². The zero-order valence-corrected chi connectivity index (χ0v) is 12.2. The van der Waals surface area contributed by atoms with Crippen LogP contribution in [0.2, 0.25) is 0 Å². The molecule has 4 nitrogen and oxygen atoms in total. The Balaban J connectivity index is 2.03. The zero-order chi connectivity index (χ0) is 13.2. The normalized spacial score (nSPS) is 19.8. The SMILES string of the molecule is CC(NS(=O)(=O)c1cc(N)cs1)C1CCCCC1. The van der Waals surface area contributed by atoms with Crippen LogP contribution in [0, 0.1) is 5.92 Å². The fraction of sp³-hybridized carbons (Fsp3) is 0.667. The predicted octanol–water partition coefficient (Wildman–Crippen LogP) is 2.58. The van der Waals surface area contributed by atoms with Crippen LogP contribution in [-0.2, 0) is 10.0 Å². The smallest absolute Gasteiger partial charge is 0.250 e. The van der Waals surface area contributed by atoms with Crippen molar-refractivity contribution in [3.63, 3.8) is 0 Å². The molecule has 1 aromatic heterocycles. The molecule has 6 heteroatoms. The van der Waals surface area contributed by atoms with Gasteiger partial charge in [-0.3, -0.25) is 0 Å². The van der Waals surface area contributed by atoms with Gasteiger partial charge in [0.2, 0.25) is 10.0 Å². The summed E-state index contributed by atoms with van der Waals surface area (Å²) in [6.45, 7) is 1.96. The molecule has 102 valence electrons. The number of nitrogens with one attached hydrogen (secondary N) is 1. The van der Waals surface area contributed by atoms with Crippen molar-refractivity contribution in [3.8, 4) is 0 Å². The molecule has 1 aromatic rings. The minimum Gasteiger partial charge on any atom is -0.398 e. The molecule has 1 unspecified atom stereocenters. The maximum atomic E-state index is 12.1. The third-order valence-electron chi connectivity index (χ3n) is 3.56. The van der Waals surface area contributed by atoms with Crippen molar-refractivity contribution in [2.75, 3.05) is 5.73 Å². The maximum absolute atomic E-state index is 12.1. The van der Waals surface area contributed by atoms with Crippen LogP contribution >= 0.6 is 11.3 Å². The highest BCUT2D eigenvalue weighted by Crippen LogP contribution is 2.28. The number of rotatable bonds is 4. The third-order valence-corrected chi connectivity index (χ3v) is 6.58. The summed E-state index contributed by atoms with van der Waals surface area (Å²) >= 11 is 1.17. The van der Waals surface area contributed by atoms with E-state index in [4.69, 9.17) is 5.73 Å². The van der Waals surface area contributed by atoms with E-state index in [0.29, 0.717) is 15.8 Å². The van der Waals surface area contributed by atoms with Crippen LogP contribution in [0.3, 0.4) is 0 Å². The molecule has 2 rings (SSSR count). The Labute approximate surface area is 113 Å². The Hall–Kier alpha value is -0.590. The Morgan fingerprint density at radius 3 is 2.61 bits per heavy atom. The van der Waals surface area contributed by atoms with Crippen molar-refractivity contribution in [1.29, 1.82) is 0 Å². The molecule has 3 N–H and O–H groups in total. The summed E-state index contributed by atoms with van der Waals surface area (Å²) in [5, 5.41) is 1.65. The summed E-state index contributed by atoms with van der Waals surface area (Å²) in [5.74, 6) is 0.464. The van der Waals surface area contributed by atoms with Gasteiger partial charge in [0.25, 0.3) is 0 Å². The van der Waals surface area contributed by atoms with Gasteiger partial charge in [-0.15, -0.1) is 11.3 Å². The molecule has 0 spiro atoms. The molecule has 0 radical (unpaired) electrons. The van der Waals surface area contributed by atoms with Crippen LogP contribution in [0.25, 0.3) is 0 Å². The first-order valence-electron chi connectivity index (χ1n) is 6.35. The monoisotopic (exact) mass is 288 g/mol. The summed E-state index contributed by atoms with van der Waals surface area (Å²) in [6.07, 6.45) is 5.94. The Kier molecular flexibility index (Phi) is 4.29. The first-order valence-corrected chi connectivity index (χ1v) is 8.71. The average molecular weight is 288 g/mol. The van der Waals surface area contributed by atoms with E-state index in [1.807, 2.05) is 6.92 Å². The van der Waals surface area contributed by atoms with Gasteiger partial charge in [-0.05, 0) is 31.7 Å². The molecule has 1 atom stereocenters. The molecule has 0 saturated heterocycles.